The third-order valence-electron chi connectivity index (χ3n) is 4.05. The summed E-state index contributed by atoms with van der Waals surface area (Å²) in [5, 5.41) is 0. The first-order valence-corrected chi connectivity index (χ1v) is 8.68. The third kappa shape index (κ3) is 4.70. The van der Waals surface area contributed by atoms with Crippen molar-refractivity contribution in [1.29, 1.82) is 0 Å². The Hall–Kier alpha value is -3.66. The van der Waals surface area contributed by atoms with E-state index in [0.717, 1.165) is 29.3 Å². The van der Waals surface area contributed by atoms with Crippen molar-refractivity contribution in [1.82, 2.24) is 0 Å². The molecule has 4 nitrogen and oxygen atoms in total. The zero-order chi connectivity index (χ0) is 18.3. The molecule has 2 aromatic carbocycles. The highest BCUT2D eigenvalue weighted by Crippen LogP contribution is 2.18. The molecule has 0 spiro atoms. The van der Waals surface area contributed by atoms with Gasteiger partial charge in [-0.15, -0.1) is 0 Å². The zero-order valence-electron chi connectivity index (χ0n) is 14.7. The fourth-order valence-corrected chi connectivity index (χ4v) is 2.64. The van der Waals surface area contributed by atoms with Crippen molar-refractivity contribution < 1.29 is 8.83 Å². The molecule has 0 aliphatic rings. The second-order valence-corrected chi connectivity index (χ2v) is 6.06. The van der Waals surface area contributed by atoms with Gasteiger partial charge < -0.3 is 8.83 Å². The molecule has 0 N–H and O–H groups in total. The molecule has 2 heterocycles. The summed E-state index contributed by atoms with van der Waals surface area (Å²) in [6.07, 6.45) is 7.58. The van der Waals surface area contributed by atoms with E-state index in [1.807, 2.05) is 48.5 Å². The van der Waals surface area contributed by atoms with E-state index in [-0.39, 0.29) is 0 Å². The van der Waals surface area contributed by atoms with E-state index in [2.05, 4.69) is 34.3 Å². The molecule has 0 aliphatic carbocycles. The van der Waals surface area contributed by atoms with E-state index in [9.17, 15) is 0 Å². The predicted molar refractivity (Wildman–Crippen MR) is 108 cm³/mol. The Morgan fingerprint density at radius 2 is 1.04 bits per heavy atom. The minimum Gasteiger partial charge on any atom is -0.463 e. The molecule has 0 aliphatic heterocycles. The molecule has 0 atom stereocenters. The number of nitrogens with zero attached hydrogens (tertiary/aromatic N) is 2. The molecule has 0 saturated heterocycles. The first-order valence-electron chi connectivity index (χ1n) is 8.68. The zero-order valence-corrected chi connectivity index (χ0v) is 14.7. The highest BCUT2D eigenvalue weighted by molar-refractivity contribution is 5.79. The van der Waals surface area contributed by atoms with Gasteiger partial charge in [0.05, 0.1) is 36.3 Å². The van der Waals surface area contributed by atoms with Crippen molar-refractivity contribution >= 4 is 23.8 Å². The van der Waals surface area contributed by atoms with Gasteiger partial charge in [0.25, 0.3) is 0 Å². The highest BCUT2D eigenvalue weighted by atomic mass is 16.3. The van der Waals surface area contributed by atoms with Crippen LogP contribution in [0.25, 0.3) is 0 Å². The van der Waals surface area contributed by atoms with Crippen LogP contribution in [0, 0.1) is 0 Å². The lowest BCUT2D eigenvalue weighted by molar-refractivity contribution is 0.560. The minimum atomic E-state index is 0.744. The molecule has 132 valence electrons. The molecule has 27 heavy (non-hydrogen) atoms. The summed E-state index contributed by atoms with van der Waals surface area (Å²) in [7, 11) is 0. The standard InChI is InChI=1S/C23H18N2O2/c1-3-22(26-13-1)16-24-20-9-5-18(6-10-20)15-19-7-11-21(12-8-19)25-17-23-4-2-14-27-23/h1-14,16-17H,15H2/b24-16+,25-17+. The Morgan fingerprint density at radius 1 is 0.593 bits per heavy atom. The van der Waals surface area contributed by atoms with Gasteiger partial charge in [0.15, 0.2) is 0 Å². The van der Waals surface area contributed by atoms with Crippen LogP contribution in [0.15, 0.2) is 104 Å². The summed E-state index contributed by atoms with van der Waals surface area (Å²) < 4.78 is 10.5. The van der Waals surface area contributed by atoms with Crippen molar-refractivity contribution in [3.8, 4) is 0 Å². The van der Waals surface area contributed by atoms with Gasteiger partial charge in [0.2, 0.25) is 0 Å². The number of benzene rings is 2. The Balaban J connectivity index is 1.37. The van der Waals surface area contributed by atoms with Crippen molar-refractivity contribution in [2.45, 2.75) is 6.42 Å². The van der Waals surface area contributed by atoms with Crippen LogP contribution in [-0.4, -0.2) is 12.4 Å². The largest absolute Gasteiger partial charge is 0.463 e. The van der Waals surface area contributed by atoms with E-state index in [1.165, 1.54) is 11.1 Å². The normalized spacial score (nSPS) is 11.6. The minimum absolute atomic E-state index is 0.744. The summed E-state index contributed by atoms with van der Waals surface area (Å²) >= 11 is 0. The lowest BCUT2D eigenvalue weighted by Crippen LogP contribution is -1.87. The van der Waals surface area contributed by atoms with Gasteiger partial charge in [-0.25, -0.2) is 0 Å². The van der Waals surface area contributed by atoms with Crippen molar-refractivity contribution in [3.05, 3.63) is 108 Å². The lowest BCUT2D eigenvalue weighted by atomic mass is 10.0. The fourth-order valence-electron chi connectivity index (χ4n) is 2.64. The van der Waals surface area contributed by atoms with Gasteiger partial charge in [-0.05, 0) is 66.1 Å². The molecule has 4 heteroatoms. The summed E-state index contributed by atoms with van der Waals surface area (Å²) in [5.41, 5.74) is 4.27. The van der Waals surface area contributed by atoms with Crippen LogP contribution in [0.5, 0.6) is 0 Å². The van der Waals surface area contributed by atoms with E-state index in [4.69, 9.17) is 8.83 Å². The quantitative estimate of drug-likeness (QED) is 0.401. The Kier molecular flexibility index (Phi) is 5.07. The molecule has 0 amide bonds. The maximum absolute atomic E-state index is 5.24. The van der Waals surface area contributed by atoms with Crippen LogP contribution in [0.2, 0.25) is 0 Å². The summed E-state index contributed by atoms with van der Waals surface area (Å²) in [6.45, 7) is 0. The SMILES string of the molecule is C(=N\c1ccc(Cc2ccc(/N=C/c3ccco3)cc2)cc1)/c1ccco1. The van der Waals surface area contributed by atoms with Gasteiger partial charge >= 0.3 is 0 Å². The number of hydrogen-bond donors (Lipinski definition) is 0. The average Bonchev–Trinajstić information content (AvgIpc) is 3.41. The number of aliphatic imine (C=N–C) groups is 2. The number of hydrogen-bond acceptors (Lipinski definition) is 4. The highest BCUT2D eigenvalue weighted by Gasteiger charge is 1.98. The molecular formula is C23H18N2O2. The topological polar surface area (TPSA) is 51.0 Å². The van der Waals surface area contributed by atoms with Gasteiger partial charge in [-0.1, -0.05) is 24.3 Å². The average molecular weight is 354 g/mol. The molecule has 4 aromatic rings. The maximum atomic E-state index is 5.24. The Bertz CT molecular complexity index is 925. The summed E-state index contributed by atoms with van der Waals surface area (Å²) in [5.74, 6) is 1.49. The van der Waals surface area contributed by atoms with E-state index in [1.54, 1.807) is 25.0 Å². The van der Waals surface area contributed by atoms with Gasteiger partial charge in [0, 0.05) is 0 Å². The Labute approximate surface area is 157 Å². The Morgan fingerprint density at radius 3 is 1.41 bits per heavy atom. The maximum Gasteiger partial charge on any atom is 0.144 e. The molecule has 0 fully saturated rings. The van der Waals surface area contributed by atoms with Gasteiger partial charge in [-0.2, -0.15) is 0 Å². The van der Waals surface area contributed by atoms with Crippen LogP contribution >= 0.6 is 0 Å². The van der Waals surface area contributed by atoms with E-state index < -0.39 is 0 Å². The number of rotatable bonds is 6. The van der Waals surface area contributed by atoms with Crippen LogP contribution < -0.4 is 0 Å². The van der Waals surface area contributed by atoms with Crippen molar-refractivity contribution in [2.24, 2.45) is 9.98 Å². The van der Waals surface area contributed by atoms with Gasteiger partial charge in [-0.3, -0.25) is 9.98 Å². The molecule has 4 rings (SSSR count). The van der Waals surface area contributed by atoms with E-state index in [0.29, 0.717) is 0 Å². The summed E-state index contributed by atoms with van der Waals surface area (Å²) in [4.78, 5) is 8.82. The third-order valence-corrected chi connectivity index (χ3v) is 4.05. The first kappa shape index (κ1) is 16.8. The second-order valence-electron chi connectivity index (χ2n) is 6.06. The fraction of sp³-hybridized carbons (Fsp3) is 0.0435. The molecular weight excluding hydrogens is 336 g/mol. The second kappa shape index (κ2) is 8.15. The molecule has 0 bridgehead atoms. The van der Waals surface area contributed by atoms with Crippen molar-refractivity contribution in [2.75, 3.05) is 0 Å². The van der Waals surface area contributed by atoms with Crippen LogP contribution in [-0.2, 0) is 6.42 Å². The van der Waals surface area contributed by atoms with E-state index >= 15 is 0 Å². The van der Waals surface area contributed by atoms with Crippen LogP contribution in [0.3, 0.4) is 0 Å². The molecule has 0 saturated carbocycles. The van der Waals surface area contributed by atoms with Crippen LogP contribution in [0.1, 0.15) is 22.6 Å². The van der Waals surface area contributed by atoms with Crippen LogP contribution in [0.4, 0.5) is 11.4 Å². The monoisotopic (exact) mass is 354 g/mol. The molecule has 2 aromatic heterocycles. The predicted octanol–water partition coefficient (Wildman–Crippen LogP) is 5.96. The summed E-state index contributed by atoms with van der Waals surface area (Å²) in [6, 6.07) is 23.9. The van der Waals surface area contributed by atoms with Crippen molar-refractivity contribution in [3.63, 3.8) is 0 Å². The number of furan rings is 2. The molecule has 0 unspecified atom stereocenters. The smallest absolute Gasteiger partial charge is 0.144 e. The lowest BCUT2D eigenvalue weighted by Gasteiger charge is -2.03. The van der Waals surface area contributed by atoms with Gasteiger partial charge in [0.1, 0.15) is 11.5 Å². The first-order chi connectivity index (χ1) is 13.3. The molecule has 0 radical (unpaired) electrons.